The molecule has 0 unspecified atom stereocenters. The number of hydrogen-bond acceptors (Lipinski definition) is 4. The predicted molar refractivity (Wildman–Crippen MR) is 107 cm³/mol. The monoisotopic (exact) mass is 391 g/mol. The Morgan fingerprint density at radius 1 is 1.35 bits per heavy atom. The van der Waals surface area contributed by atoms with Crippen LogP contribution in [0.4, 0.5) is 0 Å². The number of thioether (sulfide) groups is 1. The number of nitrogens with zero attached hydrogens (tertiary/aromatic N) is 1. The van der Waals surface area contributed by atoms with Crippen LogP contribution < -0.4 is 4.74 Å². The Labute approximate surface area is 163 Å². The number of phenols is 1. The molecule has 2 aromatic carbocycles. The third-order valence-electron chi connectivity index (χ3n) is 4.35. The van der Waals surface area contributed by atoms with Gasteiger partial charge in [0.1, 0.15) is 6.61 Å². The van der Waals surface area contributed by atoms with Crippen LogP contribution in [-0.4, -0.2) is 40.1 Å². The maximum atomic E-state index is 12.7. The van der Waals surface area contributed by atoms with Gasteiger partial charge in [-0.1, -0.05) is 30.7 Å². The normalized spacial score (nSPS) is 15.0. The lowest BCUT2D eigenvalue weighted by Crippen LogP contribution is -2.37. The van der Waals surface area contributed by atoms with Gasteiger partial charge < -0.3 is 14.7 Å². The van der Waals surface area contributed by atoms with Gasteiger partial charge in [0.05, 0.1) is 11.8 Å². The molecule has 0 aromatic heterocycles. The summed E-state index contributed by atoms with van der Waals surface area (Å²) in [5, 5.41) is 11.0. The average molecular weight is 392 g/mol. The molecule has 0 aliphatic carbocycles. The fourth-order valence-electron chi connectivity index (χ4n) is 3.10. The van der Waals surface area contributed by atoms with E-state index < -0.39 is 0 Å². The first-order valence-electron chi connectivity index (χ1n) is 8.64. The van der Waals surface area contributed by atoms with Crippen molar-refractivity contribution in [3.63, 3.8) is 0 Å². The predicted octanol–water partition coefficient (Wildman–Crippen LogP) is 4.58. The van der Waals surface area contributed by atoms with E-state index in [4.69, 9.17) is 16.3 Å². The third kappa shape index (κ3) is 4.10. The number of ether oxygens (including phenoxy) is 1. The molecule has 4 nitrogen and oxygen atoms in total. The Morgan fingerprint density at radius 3 is 2.88 bits per heavy atom. The van der Waals surface area contributed by atoms with Crippen molar-refractivity contribution in [3.8, 4) is 22.6 Å². The van der Waals surface area contributed by atoms with Crippen LogP contribution in [0.5, 0.6) is 11.5 Å². The molecule has 0 fully saturated rings. The van der Waals surface area contributed by atoms with Crippen LogP contribution in [0.1, 0.15) is 19.4 Å². The van der Waals surface area contributed by atoms with Gasteiger partial charge in [-0.15, -0.1) is 11.8 Å². The molecule has 1 atom stereocenters. The summed E-state index contributed by atoms with van der Waals surface area (Å²) >= 11 is 7.72. The van der Waals surface area contributed by atoms with Crippen LogP contribution in [0.3, 0.4) is 0 Å². The molecule has 138 valence electrons. The number of benzene rings is 2. The Morgan fingerprint density at radius 2 is 2.15 bits per heavy atom. The van der Waals surface area contributed by atoms with Gasteiger partial charge in [-0.2, -0.15) is 0 Å². The van der Waals surface area contributed by atoms with Gasteiger partial charge in [0, 0.05) is 17.1 Å². The van der Waals surface area contributed by atoms with Crippen molar-refractivity contribution in [2.24, 2.45) is 0 Å². The van der Waals surface area contributed by atoms with Crippen LogP contribution in [-0.2, 0) is 11.3 Å². The van der Waals surface area contributed by atoms with Gasteiger partial charge in [-0.25, -0.2) is 0 Å². The van der Waals surface area contributed by atoms with E-state index in [1.807, 2.05) is 44.2 Å². The summed E-state index contributed by atoms with van der Waals surface area (Å²) in [6.07, 6.45) is 0. The second-order valence-electron chi connectivity index (χ2n) is 6.20. The standard InChI is InChI=1S/C20H22ClNO3S/c1-3-26-13(2)20(24)22-7-8-25-19-16(12-22)9-15(11-18(19)23)14-5-4-6-17(21)10-14/h4-6,9-11,13,23H,3,7-8,12H2,1-2H3/t13-/m0/s1. The Hall–Kier alpha value is -1.85. The third-order valence-corrected chi connectivity index (χ3v) is 5.62. The maximum absolute atomic E-state index is 12.7. The summed E-state index contributed by atoms with van der Waals surface area (Å²) < 4.78 is 5.74. The highest BCUT2D eigenvalue weighted by atomic mass is 35.5. The van der Waals surface area contributed by atoms with Gasteiger partial charge in [0.2, 0.25) is 5.91 Å². The van der Waals surface area contributed by atoms with Gasteiger partial charge in [-0.3, -0.25) is 4.79 Å². The van der Waals surface area contributed by atoms with E-state index in [-0.39, 0.29) is 16.9 Å². The van der Waals surface area contributed by atoms with E-state index in [9.17, 15) is 9.90 Å². The van der Waals surface area contributed by atoms with E-state index in [1.165, 1.54) is 0 Å². The molecule has 0 saturated heterocycles. The van der Waals surface area contributed by atoms with Crippen LogP contribution in [0.15, 0.2) is 36.4 Å². The van der Waals surface area contributed by atoms with Gasteiger partial charge >= 0.3 is 0 Å². The molecule has 0 saturated carbocycles. The Kier molecular flexibility index (Phi) is 5.99. The number of carbonyl (C=O) groups excluding carboxylic acids is 1. The second kappa shape index (κ2) is 8.23. The molecule has 2 aromatic rings. The van der Waals surface area contributed by atoms with E-state index in [1.54, 1.807) is 22.7 Å². The highest BCUT2D eigenvalue weighted by molar-refractivity contribution is 8.00. The van der Waals surface area contributed by atoms with Crippen molar-refractivity contribution >= 4 is 29.3 Å². The molecule has 26 heavy (non-hydrogen) atoms. The smallest absolute Gasteiger partial charge is 0.235 e. The lowest BCUT2D eigenvalue weighted by Gasteiger charge is -2.23. The second-order valence-corrected chi connectivity index (χ2v) is 8.25. The fraction of sp³-hybridized carbons (Fsp3) is 0.350. The summed E-state index contributed by atoms with van der Waals surface area (Å²) in [5.74, 6) is 1.54. The summed E-state index contributed by atoms with van der Waals surface area (Å²) in [6.45, 7) is 5.28. The first kappa shape index (κ1) is 18.9. The molecule has 0 spiro atoms. The number of amides is 1. The van der Waals surface area contributed by atoms with E-state index in [2.05, 4.69) is 0 Å². The summed E-state index contributed by atoms with van der Waals surface area (Å²) in [5.41, 5.74) is 2.56. The SMILES string of the molecule is CCS[C@@H](C)C(=O)N1CCOc2c(O)cc(-c3cccc(Cl)c3)cc2C1. The molecule has 1 aliphatic heterocycles. The zero-order valence-corrected chi connectivity index (χ0v) is 16.4. The summed E-state index contributed by atoms with van der Waals surface area (Å²) in [6, 6.07) is 11.1. The van der Waals surface area contributed by atoms with Crippen molar-refractivity contribution in [1.82, 2.24) is 4.90 Å². The Bertz CT molecular complexity index is 812. The van der Waals surface area contributed by atoms with Crippen molar-refractivity contribution in [3.05, 3.63) is 47.0 Å². The molecule has 1 heterocycles. The van der Waals surface area contributed by atoms with Crippen molar-refractivity contribution in [2.45, 2.75) is 25.6 Å². The number of halogens is 1. The summed E-state index contributed by atoms with van der Waals surface area (Å²) in [7, 11) is 0. The maximum Gasteiger partial charge on any atom is 0.235 e. The number of carbonyl (C=O) groups is 1. The molecule has 3 rings (SSSR count). The van der Waals surface area contributed by atoms with Crippen LogP contribution in [0.2, 0.25) is 5.02 Å². The van der Waals surface area contributed by atoms with E-state index in [0.717, 1.165) is 22.4 Å². The molecule has 0 bridgehead atoms. The minimum Gasteiger partial charge on any atom is -0.504 e. The van der Waals surface area contributed by atoms with Gasteiger partial charge in [0.15, 0.2) is 11.5 Å². The van der Waals surface area contributed by atoms with Gasteiger partial charge in [0.25, 0.3) is 0 Å². The molecule has 6 heteroatoms. The quantitative estimate of drug-likeness (QED) is 0.829. The van der Waals surface area contributed by atoms with Crippen LogP contribution in [0, 0.1) is 0 Å². The van der Waals surface area contributed by atoms with Crippen molar-refractivity contribution in [1.29, 1.82) is 0 Å². The molecule has 1 amide bonds. The van der Waals surface area contributed by atoms with E-state index in [0.29, 0.717) is 30.5 Å². The number of aromatic hydroxyl groups is 1. The lowest BCUT2D eigenvalue weighted by atomic mass is 10.0. The molecular formula is C20H22ClNO3S. The number of hydrogen-bond donors (Lipinski definition) is 1. The first-order valence-corrected chi connectivity index (χ1v) is 10.1. The van der Waals surface area contributed by atoms with Crippen molar-refractivity contribution in [2.75, 3.05) is 18.9 Å². The molecule has 0 radical (unpaired) electrons. The largest absolute Gasteiger partial charge is 0.504 e. The number of phenolic OH excluding ortho intramolecular Hbond substituents is 1. The topological polar surface area (TPSA) is 49.8 Å². The lowest BCUT2D eigenvalue weighted by molar-refractivity contribution is -0.131. The Balaban J connectivity index is 1.93. The number of rotatable bonds is 4. The zero-order chi connectivity index (χ0) is 18.7. The zero-order valence-electron chi connectivity index (χ0n) is 14.9. The average Bonchev–Trinajstić information content (AvgIpc) is 2.84. The summed E-state index contributed by atoms with van der Waals surface area (Å²) in [4.78, 5) is 14.5. The van der Waals surface area contributed by atoms with Crippen molar-refractivity contribution < 1.29 is 14.6 Å². The molecular weight excluding hydrogens is 370 g/mol. The van der Waals surface area contributed by atoms with Crippen LogP contribution in [0.25, 0.3) is 11.1 Å². The fourth-order valence-corrected chi connectivity index (χ4v) is 4.08. The molecule has 1 N–H and O–H groups in total. The minimum absolute atomic E-state index is 0.0859. The van der Waals surface area contributed by atoms with E-state index >= 15 is 0 Å². The first-order chi connectivity index (χ1) is 12.5. The van der Waals surface area contributed by atoms with Gasteiger partial charge in [-0.05, 0) is 48.1 Å². The highest BCUT2D eigenvalue weighted by Crippen LogP contribution is 2.38. The highest BCUT2D eigenvalue weighted by Gasteiger charge is 2.25. The number of fused-ring (bicyclic) bond motifs is 1. The molecule has 1 aliphatic rings. The minimum atomic E-state index is -0.0914. The van der Waals surface area contributed by atoms with Crippen LogP contribution >= 0.6 is 23.4 Å².